The molecule has 0 aliphatic heterocycles. The SMILES string of the molecule is CSCCC(O)c1ccccc1OC(C)C. The molecule has 0 bridgehead atoms. The van der Waals surface area contributed by atoms with Crippen LogP contribution in [0.3, 0.4) is 0 Å². The zero-order chi connectivity index (χ0) is 12.0. The number of benzene rings is 1. The van der Waals surface area contributed by atoms with Crippen LogP contribution in [0, 0.1) is 0 Å². The van der Waals surface area contributed by atoms with Crippen LogP contribution in [0.5, 0.6) is 5.75 Å². The third-order valence-corrected chi connectivity index (χ3v) is 2.88. The number of hydrogen-bond acceptors (Lipinski definition) is 3. The maximum absolute atomic E-state index is 10.1. The maximum atomic E-state index is 10.1. The number of thioether (sulfide) groups is 1. The second-order valence-electron chi connectivity index (χ2n) is 4.00. The fourth-order valence-corrected chi connectivity index (χ4v) is 1.96. The molecule has 0 saturated heterocycles. The molecule has 90 valence electrons. The van der Waals surface area contributed by atoms with Crippen molar-refractivity contribution in [1.82, 2.24) is 0 Å². The van der Waals surface area contributed by atoms with Crippen LogP contribution in [-0.2, 0) is 0 Å². The lowest BCUT2D eigenvalue weighted by atomic mass is 10.1. The van der Waals surface area contributed by atoms with Gasteiger partial charge in [0.05, 0.1) is 12.2 Å². The largest absolute Gasteiger partial charge is 0.491 e. The first-order valence-corrected chi connectivity index (χ1v) is 6.97. The van der Waals surface area contributed by atoms with Crippen LogP contribution in [0.1, 0.15) is 31.9 Å². The first kappa shape index (κ1) is 13.4. The number of aliphatic hydroxyl groups excluding tert-OH is 1. The van der Waals surface area contributed by atoms with E-state index in [4.69, 9.17) is 4.74 Å². The molecule has 0 aliphatic rings. The van der Waals surface area contributed by atoms with Crippen molar-refractivity contribution in [2.45, 2.75) is 32.5 Å². The van der Waals surface area contributed by atoms with Gasteiger partial charge in [0.1, 0.15) is 5.75 Å². The summed E-state index contributed by atoms with van der Waals surface area (Å²) in [5, 5.41) is 10.1. The third kappa shape index (κ3) is 4.06. The summed E-state index contributed by atoms with van der Waals surface area (Å²) in [4.78, 5) is 0. The molecule has 2 nitrogen and oxygen atoms in total. The number of aliphatic hydroxyl groups is 1. The Morgan fingerprint density at radius 2 is 2.00 bits per heavy atom. The van der Waals surface area contributed by atoms with Crippen molar-refractivity contribution in [2.75, 3.05) is 12.0 Å². The fraction of sp³-hybridized carbons (Fsp3) is 0.538. The van der Waals surface area contributed by atoms with Gasteiger partial charge in [-0.05, 0) is 38.3 Å². The van der Waals surface area contributed by atoms with E-state index in [2.05, 4.69) is 0 Å². The molecule has 0 aliphatic carbocycles. The lowest BCUT2D eigenvalue weighted by Gasteiger charge is -2.17. The molecule has 3 heteroatoms. The second-order valence-corrected chi connectivity index (χ2v) is 4.99. The number of ether oxygens (including phenoxy) is 1. The second kappa shape index (κ2) is 6.81. The highest BCUT2D eigenvalue weighted by Gasteiger charge is 2.13. The van der Waals surface area contributed by atoms with Gasteiger partial charge in [0, 0.05) is 5.56 Å². The molecule has 1 N–H and O–H groups in total. The number of rotatable bonds is 6. The highest BCUT2D eigenvalue weighted by atomic mass is 32.2. The molecule has 16 heavy (non-hydrogen) atoms. The Morgan fingerprint density at radius 3 is 2.62 bits per heavy atom. The van der Waals surface area contributed by atoms with Gasteiger partial charge in [0.25, 0.3) is 0 Å². The quantitative estimate of drug-likeness (QED) is 0.827. The van der Waals surface area contributed by atoms with Gasteiger partial charge in [-0.3, -0.25) is 0 Å². The Hall–Kier alpha value is -0.670. The van der Waals surface area contributed by atoms with Gasteiger partial charge < -0.3 is 9.84 Å². The van der Waals surface area contributed by atoms with E-state index in [1.807, 2.05) is 44.4 Å². The molecule has 0 aromatic heterocycles. The van der Waals surface area contributed by atoms with Gasteiger partial charge in [-0.15, -0.1) is 0 Å². The lowest BCUT2D eigenvalue weighted by molar-refractivity contribution is 0.163. The minimum Gasteiger partial charge on any atom is -0.491 e. The van der Waals surface area contributed by atoms with Crippen molar-refractivity contribution >= 4 is 11.8 Å². The zero-order valence-corrected chi connectivity index (χ0v) is 11.0. The topological polar surface area (TPSA) is 29.5 Å². The molecule has 1 unspecified atom stereocenters. The van der Waals surface area contributed by atoms with E-state index in [1.54, 1.807) is 11.8 Å². The summed E-state index contributed by atoms with van der Waals surface area (Å²) in [6.07, 6.45) is 2.51. The third-order valence-electron chi connectivity index (χ3n) is 2.24. The number of para-hydroxylation sites is 1. The van der Waals surface area contributed by atoms with Crippen LogP contribution in [-0.4, -0.2) is 23.2 Å². The Balaban J connectivity index is 2.76. The van der Waals surface area contributed by atoms with Crippen LogP contribution in [0.15, 0.2) is 24.3 Å². The highest BCUT2D eigenvalue weighted by Crippen LogP contribution is 2.28. The normalized spacial score (nSPS) is 12.8. The standard InChI is InChI=1S/C13H20O2S/c1-10(2)15-13-7-5-4-6-11(13)12(14)8-9-16-3/h4-7,10,12,14H,8-9H2,1-3H3. The highest BCUT2D eigenvalue weighted by molar-refractivity contribution is 7.98. The van der Waals surface area contributed by atoms with Crippen LogP contribution >= 0.6 is 11.8 Å². The van der Waals surface area contributed by atoms with Crippen LogP contribution in [0.4, 0.5) is 0 Å². The van der Waals surface area contributed by atoms with Crippen molar-refractivity contribution in [1.29, 1.82) is 0 Å². The molecule has 0 radical (unpaired) electrons. The Bertz CT molecular complexity index is 313. The Morgan fingerprint density at radius 1 is 1.31 bits per heavy atom. The Labute approximate surface area is 102 Å². The molecule has 0 spiro atoms. The lowest BCUT2D eigenvalue weighted by Crippen LogP contribution is -2.09. The van der Waals surface area contributed by atoms with Gasteiger partial charge in [-0.1, -0.05) is 18.2 Å². The summed E-state index contributed by atoms with van der Waals surface area (Å²) in [6.45, 7) is 3.98. The van der Waals surface area contributed by atoms with Gasteiger partial charge in [0.15, 0.2) is 0 Å². The zero-order valence-electron chi connectivity index (χ0n) is 10.1. The molecule has 1 aromatic rings. The van der Waals surface area contributed by atoms with Crippen LogP contribution in [0.25, 0.3) is 0 Å². The van der Waals surface area contributed by atoms with Gasteiger partial charge >= 0.3 is 0 Å². The van der Waals surface area contributed by atoms with Gasteiger partial charge in [-0.25, -0.2) is 0 Å². The van der Waals surface area contributed by atoms with E-state index < -0.39 is 6.10 Å². The molecule has 0 fully saturated rings. The maximum Gasteiger partial charge on any atom is 0.125 e. The average molecular weight is 240 g/mol. The molecule has 0 saturated carbocycles. The molecule has 1 rings (SSSR count). The first-order valence-electron chi connectivity index (χ1n) is 5.57. The van der Waals surface area contributed by atoms with E-state index >= 15 is 0 Å². The van der Waals surface area contributed by atoms with Crippen molar-refractivity contribution in [3.8, 4) is 5.75 Å². The first-order chi connectivity index (χ1) is 7.65. The monoisotopic (exact) mass is 240 g/mol. The van der Waals surface area contributed by atoms with Gasteiger partial charge in [0.2, 0.25) is 0 Å². The van der Waals surface area contributed by atoms with Crippen LogP contribution in [0.2, 0.25) is 0 Å². The summed E-state index contributed by atoms with van der Waals surface area (Å²) in [7, 11) is 0. The fourth-order valence-electron chi connectivity index (χ4n) is 1.50. The summed E-state index contributed by atoms with van der Waals surface area (Å²) >= 11 is 1.74. The predicted octanol–water partition coefficient (Wildman–Crippen LogP) is 3.26. The summed E-state index contributed by atoms with van der Waals surface area (Å²) < 4.78 is 5.68. The average Bonchev–Trinajstić information content (AvgIpc) is 2.26. The summed E-state index contributed by atoms with van der Waals surface area (Å²) in [6, 6.07) is 7.72. The molecule has 1 aromatic carbocycles. The summed E-state index contributed by atoms with van der Waals surface area (Å²) in [5.74, 6) is 1.75. The predicted molar refractivity (Wildman–Crippen MR) is 70.2 cm³/mol. The molecule has 0 amide bonds. The van der Waals surface area contributed by atoms with Crippen LogP contribution < -0.4 is 4.74 Å². The smallest absolute Gasteiger partial charge is 0.125 e. The summed E-state index contributed by atoms with van der Waals surface area (Å²) in [5.41, 5.74) is 0.894. The Kier molecular flexibility index (Phi) is 5.71. The minimum atomic E-state index is -0.428. The van der Waals surface area contributed by atoms with E-state index in [1.165, 1.54) is 0 Å². The molecular formula is C13H20O2S. The van der Waals surface area contributed by atoms with E-state index in [0.717, 1.165) is 23.5 Å². The van der Waals surface area contributed by atoms with E-state index in [9.17, 15) is 5.11 Å². The van der Waals surface area contributed by atoms with Crippen molar-refractivity contribution < 1.29 is 9.84 Å². The van der Waals surface area contributed by atoms with E-state index in [-0.39, 0.29) is 6.10 Å². The van der Waals surface area contributed by atoms with Gasteiger partial charge in [-0.2, -0.15) is 11.8 Å². The van der Waals surface area contributed by atoms with Crippen molar-refractivity contribution in [3.05, 3.63) is 29.8 Å². The minimum absolute atomic E-state index is 0.133. The molecule has 1 atom stereocenters. The molecular weight excluding hydrogens is 220 g/mol. The number of hydrogen-bond donors (Lipinski definition) is 1. The van der Waals surface area contributed by atoms with E-state index in [0.29, 0.717) is 0 Å². The van der Waals surface area contributed by atoms with Crippen molar-refractivity contribution in [3.63, 3.8) is 0 Å². The molecule has 0 heterocycles. The van der Waals surface area contributed by atoms with Crippen molar-refractivity contribution in [2.24, 2.45) is 0 Å².